The van der Waals surface area contributed by atoms with Crippen LogP contribution in [-0.2, 0) is 38.1 Å². The summed E-state index contributed by atoms with van der Waals surface area (Å²) in [7, 11) is -1.88. The zero-order valence-electron chi connectivity index (χ0n) is 23.7. The molecular formula is C32H35N3O5Si. The molecule has 0 amide bonds. The van der Waals surface area contributed by atoms with Gasteiger partial charge in [0.2, 0.25) is 5.60 Å². The molecule has 2 aliphatic heterocycles. The van der Waals surface area contributed by atoms with Gasteiger partial charge in [-0.3, -0.25) is 4.79 Å². The van der Waals surface area contributed by atoms with Crippen molar-refractivity contribution in [1.82, 2.24) is 9.55 Å². The number of benzene rings is 2. The first-order valence-corrected chi connectivity index (χ1v) is 17.4. The molecule has 1 aliphatic carbocycles. The van der Waals surface area contributed by atoms with Gasteiger partial charge in [-0.2, -0.15) is 0 Å². The average molecular weight is 570 g/mol. The van der Waals surface area contributed by atoms with Crippen LogP contribution < -0.4 is 21.7 Å². The molecule has 6 rings (SSSR count). The molecule has 0 radical (unpaired) electrons. The fourth-order valence-electron chi connectivity index (χ4n) is 6.60. The number of nitrogens with zero attached hydrogens (tertiary/aromatic N) is 2. The second-order valence-corrected chi connectivity index (χ2v) is 16.3. The van der Waals surface area contributed by atoms with Crippen LogP contribution in [0.5, 0.6) is 0 Å². The summed E-state index contributed by atoms with van der Waals surface area (Å²) in [5, 5.41) is 13.7. The van der Waals surface area contributed by atoms with Crippen molar-refractivity contribution in [1.29, 1.82) is 0 Å². The lowest BCUT2D eigenvalue weighted by molar-refractivity contribution is -0.180. The molecule has 2 aromatic carbocycles. The Labute approximate surface area is 239 Å². The van der Waals surface area contributed by atoms with Gasteiger partial charge in [-0.25, -0.2) is 9.78 Å². The van der Waals surface area contributed by atoms with Crippen molar-refractivity contribution in [3.8, 4) is 0 Å². The van der Waals surface area contributed by atoms with E-state index >= 15 is 0 Å². The number of hydrogen-bond donors (Lipinski definition) is 2. The molecule has 9 heteroatoms. The second kappa shape index (κ2) is 10.1. The van der Waals surface area contributed by atoms with Crippen molar-refractivity contribution in [2.24, 2.45) is 5.73 Å². The highest BCUT2D eigenvalue weighted by atomic mass is 28.3. The Balaban J connectivity index is 1.44. The Morgan fingerprint density at radius 1 is 1.20 bits per heavy atom. The van der Waals surface area contributed by atoms with E-state index in [2.05, 4.69) is 66.2 Å². The highest BCUT2D eigenvalue weighted by molar-refractivity contribution is 6.89. The van der Waals surface area contributed by atoms with Crippen LogP contribution in [-0.4, -0.2) is 53.4 Å². The Hall–Kier alpha value is -3.95. The summed E-state index contributed by atoms with van der Waals surface area (Å²) in [6.45, 7) is 7.19. The number of aromatic nitrogens is 2. The van der Waals surface area contributed by atoms with Crippen LogP contribution >= 0.6 is 0 Å². The first-order valence-electron chi connectivity index (χ1n) is 14.2. The van der Waals surface area contributed by atoms with Crippen LogP contribution in [0, 0.1) is 0 Å². The zero-order chi connectivity index (χ0) is 28.9. The van der Waals surface area contributed by atoms with E-state index in [9.17, 15) is 14.7 Å². The molecule has 3 N–H and O–H groups in total. The lowest BCUT2D eigenvalue weighted by Crippen LogP contribution is -2.52. The molecule has 0 fully saturated rings. The molecule has 0 spiro atoms. The van der Waals surface area contributed by atoms with Crippen LogP contribution in [0.1, 0.15) is 42.1 Å². The highest BCUT2D eigenvalue weighted by Gasteiger charge is 2.52. The minimum Gasteiger partial charge on any atom is -0.505 e. The van der Waals surface area contributed by atoms with E-state index in [0.717, 1.165) is 17.1 Å². The largest absolute Gasteiger partial charge is 0.505 e. The Morgan fingerprint density at radius 3 is 2.71 bits per heavy atom. The van der Waals surface area contributed by atoms with Crippen molar-refractivity contribution < 1.29 is 24.2 Å². The number of esters is 2. The highest BCUT2D eigenvalue weighted by Crippen LogP contribution is 2.39. The van der Waals surface area contributed by atoms with E-state index in [0.29, 0.717) is 28.7 Å². The third-order valence-electron chi connectivity index (χ3n) is 8.62. The molecule has 1 unspecified atom stereocenters. The summed E-state index contributed by atoms with van der Waals surface area (Å²) in [6, 6.07) is 18.2. The predicted molar refractivity (Wildman–Crippen MR) is 158 cm³/mol. The molecule has 212 valence electrons. The number of carbonyl (C=O) groups excluding carboxylic acids is 2. The summed E-state index contributed by atoms with van der Waals surface area (Å²) in [4.78, 5) is 30.5. The van der Waals surface area contributed by atoms with Gasteiger partial charge in [0.25, 0.3) is 0 Å². The lowest BCUT2D eigenvalue weighted by atomic mass is 9.79. The van der Waals surface area contributed by atoms with Crippen LogP contribution in [0.15, 0.2) is 59.7 Å². The number of carbonyl (C=O) groups is 2. The topological polar surface area (TPSA) is 117 Å². The number of aliphatic hydroxyl groups is 1. The van der Waals surface area contributed by atoms with E-state index in [4.69, 9.17) is 20.2 Å². The molecule has 8 nitrogen and oxygen atoms in total. The zero-order valence-corrected chi connectivity index (χ0v) is 24.7. The molecule has 0 bridgehead atoms. The van der Waals surface area contributed by atoms with Gasteiger partial charge < -0.3 is 24.9 Å². The summed E-state index contributed by atoms with van der Waals surface area (Å²) in [6.07, 6.45) is 2.52. The minimum atomic E-state index is -1.88. The number of cyclic esters (lactones) is 1. The third kappa shape index (κ3) is 4.44. The maximum absolute atomic E-state index is 13.1. The van der Waals surface area contributed by atoms with Crippen LogP contribution in [0.3, 0.4) is 0 Å². The van der Waals surface area contributed by atoms with Gasteiger partial charge >= 0.3 is 11.9 Å². The van der Waals surface area contributed by atoms with Crippen LogP contribution in [0.25, 0.3) is 11.8 Å². The lowest BCUT2D eigenvalue weighted by Gasteiger charge is -2.38. The first kappa shape index (κ1) is 27.2. The molecule has 3 heterocycles. The normalized spacial score (nSPS) is 19.4. The van der Waals surface area contributed by atoms with E-state index in [-0.39, 0.29) is 38.2 Å². The summed E-state index contributed by atoms with van der Waals surface area (Å²) < 4.78 is 13.3. The molecular weight excluding hydrogens is 534 g/mol. The van der Waals surface area contributed by atoms with Gasteiger partial charge in [0.15, 0.2) is 0 Å². The smallest absolute Gasteiger partial charge is 0.355 e. The number of hydrogen-bond acceptors (Lipinski definition) is 7. The molecule has 0 saturated carbocycles. The van der Waals surface area contributed by atoms with Gasteiger partial charge in [0.1, 0.15) is 23.2 Å². The van der Waals surface area contributed by atoms with E-state index in [1.54, 1.807) is 6.92 Å². The Morgan fingerprint density at radius 2 is 1.98 bits per heavy atom. The second-order valence-electron chi connectivity index (χ2n) is 11.7. The molecule has 41 heavy (non-hydrogen) atoms. The van der Waals surface area contributed by atoms with E-state index in [1.165, 1.54) is 16.3 Å². The molecule has 1 aromatic heterocycles. The van der Waals surface area contributed by atoms with Gasteiger partial charge in [-0.05, 0) is 29.7 Å². The number of rotatable bonds is 7. The summed E-state index contributed by atoms with van der Waals surface area (Å²) >= 11 is 0. The van der Waals surface area contributed by atoms with E-state index < -0.39 is 25.6 Å². The maximum Gasteiger partial charge on any atom is 0.355 e. The van der Waals surface area contributed by atoms with Crippen molar-refractivity contribution in [2.75, 3.05) is 13.2 Å². The molecule has 1 atom stereocenters. The van der Waals surface area contributed by atoms with Crippen molar-refractivity contribution in [3.63, 3.8) is 0 Å². The fraction of sp³-hybridized carbons (Fsp3) is 0.344. The minimum absolute atomic E-state index is 0.0170. The average Bonchev–Trinajstić information content (AvgIpc) is 3.31. The molecule has 3 aromatic rings. The number of nitrogens with two attached hydrogens (primary N) is 1. The molecule has 0 saturated heterocycles. The Bertz CT molecular complexity index is 1720. The maximum atomic E-state index is 13.1. The summed E-state index contributed by atoms with van der Waals surface area (Å²) in [5.74, 6) is -1.18. The van der Waals surface area contributed by atoms with Crippen molar-refractivity contribution >= 4 is 37.0 Å². The van der Waals surface area contributed by atoms with Crippen LogP contribution in [0.2, 0.25) is 13.1 Å². The van der Waals surface area contributed by atoms with Crippen molar-refractivity contribution in [2.45, 2.75) is 57.5 Å². The van der Waals surface area contributed by atoms with Gasteiger partial charge in [0.05, 0.1) is 26.7 Å². The summed E-state index contributed by atoms with van der Waals surface area (Å²) in [5.41, 5.74) is 10.1. The quantitative estimate of drug-likeness (QED) is 0.258. The number of imidazole rings is 1. The van der Waals surface area contributed by atoms with E-state index in [1.807, 2.05) is 6.07 Å². The monoisotopic (exact) mass is 569 g/mol. The number of aliphatic hydroxyl groups excluding tert-OH is 1. The number of fused-ring (bicyclic) bond motifs is 4. The number of ether oxygens (including phenoxy) is 2. The third-order valence-corrected chi connectivity index (χ3v) is 11.8. The standard InChI is InChI=1S/C32H35N3O5Si/c1-4-32(40-28(36)13-14-33)24-16-25-29(30(37)23(24)18-39-31(32)38)35-17-22-21(15-27(35)34-25)11-8-12-26(22)41(2,3)19-20-9-6-5-7-10-20/h5-12,15,37H,4,13-14,16-19,33H2,1-3H3. The fourth-order valence-corrected chi connectivity index (χ4v) is 9.64. The van der Waals surface area contributed by atoms with Crippen LogP contribution in [0.4, 0.5) is 0 Å². The predicted octanol–water partition coefficient (Wildman–Crippen LogP) is 1.89. The van der Waals surface area contributed by atoms with Gasteiger partial charge in [-0.1, -0.05) is 79.3 Å². The van der Waals surface area contributed by atoms with Gasteiger partial charge in [0, 0.05) is 24.1 Å². The molecule has 3 aliphatic rings. The van der Waals surface area contributed by atoms with Crippen molar-refractivity contribution in [3.05, 3.63) is 92.9 Å². The SMILES string of the molecule is CCC1(OC(=O)CCN)C(=O)OCC2=C1Cc1nc3n(c1=C2O)Cc1c(cccc1[Si](C)(C)Cc1ccccc1)C=3. The first-order chi connectivity index (χ1) is 19.7. The Kier molecular flexibility index (Phi) is 6.74. The van der Waals surface area contributed by atoms with Gasteiger partial charge in [-0.15, -0.1) is 0 Å².